The molecule has 0 aromatic heterocycles. The number of hydrogen-bond donors (Lipinski definition) is 0. The Morgan fingerprint density at radius 2 is 0.649 bits per heavy atom. The monoisotopic (exact) mass is 942 g/mol. The molecule has 0 unspecified atom stereocenters. The van der Waals surface area contributed by atoms with E-state index in [-0.39, 0.29) is 10.8 Å². The fourth-order valence-electron chi connectivity index (χ4n) is 13.9. The van der Waals surface area contributed by atoms with E-state index in [1.807, 2.05) is 0 Å². The number of rotatable bonds is 5. The molecule has 0 saturated heterocycles. The van der Waals surface area contributed by atoms with Crippen LogP contribution in [0.5, 0.6) is 0 Å². The molecule has 15 rings (SSSR count). The van der Waals surface area contributed by atoms with Crippen LogP contribution in [-0.2, 0) is 23.7 Å². The highest BCUT2D eigenvalue weighted by atomic mass is 14.4. The summed E-state index contributed by atoms with van der Waals surface area (Å²) in [5.74, 6) is 0. The smallest absolute Gasteiger partial charge is 0.0159 e. The molecule has 0 aliphatic heterocycles. The number of hydrogen-bond acceptors (Lipinski definition) is 0. The summed E-state index contributed by atoms with van der Waals surface area (Å²) in [7, 11) is 0. The minimum atomic E-state index is -0.118. The maximum atomic E-state index is 2.51. The molecule has 0 heteroatoms. The lowest BCUT2D eigenvalue weighted by Gasteiger charge is -2.24. The SMILES string of the molecule is CC1(C)c2ccccc2-c2ccc(-c3c4ccccc4c(-c4ccc5c(c4)C(C)(C)c4ccccc4-5)c4cc(-c5ccc(-c6c7c(c(-c8ccc9ccccc9c8)c8ccccc68)CC=CC7)cc5)ccc34)cc21. The summed E-state index contributed by atoms with van der Waals surface area (Å²) in [5.41, 5.74) is 26.4. The highest BCUT2D eigenvalue weighted by molar-refractivity contribution is 6.22. The first-order valence-corrected chi connectivity index (χ1v) is 26.5. The Bertz CT molecular complexity index is 4400. The molecule has 0 heterocycles. The Morgan fingerprint density at radius 1 is 0.257 bits per heavy atom. The van der Waals surface area contributed by atoms with E-state index in [2.05, 4.69) is 258 Å². The van der Waals surface area contributed by atoms with Gasteiger partial charge in [-0.25, -0.2) is 0 Å². The quantitative estimate of drug-likeness (QED) is 0.119. The molecule has 0 saturated carbocycles. The third kappa shape index (κ3) is 6.21. The van der Waals surface area contributed by atoms with Gasteiger partial charge in [0.05, 0.1) is 0 Å². The van der Waals surface area contributed by atoms with Crippen molar-refractivity contribution in [3.05, 3.63) is 264 Å². The molecule has 0 fully saturated rings. The molecule has 3 aliphatic rings. The normalized spacial score (nSPS) is 14.5. The summed E-state index contributed by atoms with van der Waals surface area (Å²) < 4.78 is 0. The maximum Gasteiger partial charge on any atom is 0.0159 e. The van der Waals surface area contributed by atoms with Gasteiger partial charge in [-0.2, -0.15) is 0 Å². The van der Waals surface area contributed by atoms with Crippen LogP contribution in [0.4, 0.5) is 0 Å². The lowest BCUT2D eigenvalue weighted by Crippen LogP contribution is -2.15. The van der Waals surface area contributed by atoms with Gasteiger partial charge in [0.1, 0.15) is 0 Å². The van der Waals surface area contributed by atoms with Gasteiger partial charge < -0.3 is 0 Å². The van der Waals surface area contributed by atoms with E-state index in [1.54, 1.807) is 0 Å². The summed E-state index contributed by atoms with van der Waals surface area (Å²) in [6.45, 7) is 9.57. The Hall–Kier alpha value is -8.58. The topological polar surface area (TPSA) is 0 Å². The maximum absolute atomic E-state index is 2.51. The largest absolute Gasteiger partial charge is 0.0838 e. The van der Waals surface area contributed by atoms with Crippen molar-refractivity contribution in [1.82, 2.24) is 0 Å². The minimum absolute atomic E-state index is 0.108. The van der Waals surface area contributed by atoms with Gasteiger partial charge in [0.15, 0.2) is 0 Å². The molecule has 0 N–H and O–H groups in total. The third-order valence-electron chi connectivity index (χ3n) is 17.6. The molecular weight excluding hydrogens is 889 g/mol. The Balaban J connectivity index is 0.920. The molecule has 0 spiro atoms. The van der Waals surface area contributed by atoms with Crippen LogP contribution >= 0.6 is 0 Å². The van der Waals surface area contributed by atoms with Gasteiger partial charge in [0.2, 0.25) is 0 Å². The predicted octanol–water partition coefficient (Wildman–Crippen LogP) is 19.9. The highest BCUT2D eigenvalue weighted by Gasteiger charge is 2.37. The van der Waals surface area contributed by atoms with Gasteiger partial charge in [-0.05, 0) is 191 Å². The standard InChI is InChI=1S/C74H54/c1-73(2)65-27-15-13-19-53(65)55-38-36-51(43-67(55)73)71-61-25-11-12-26-62(61)72(52-37-39-56-54-20-14-16-28-66(54)74(3,4)68(56)44-52)64-42-49(35-40-63(64)71)46-29-32-47(33-30-46)69-57-21-7-9-23-59(57)70(60-24-10-8-22-58(60)69)50-34-31-45-17-5-6-18-48(45)41-50/h5-21,23,25-44H,22,24H2,1-4H3. The second-order valence-corrected chi connectivity index (χ2v) is 22.2. The van der Waals surface area contributed by atoms with Gasteiger partial charge in [-0.1, -0.05) is 234 Å². The van der Waals surface area contributed by atoms with E-state index in [4.69, 9.17) is 0 Å². The minimum Gasteiger partial charge on any atom is -0.0838 e. The molecule has 12 aromatic rings. The lowest BCUT2D eigenvalue weighted by atomic mass is 9.79. The van der Waals surface area contributed by atoms with Crippen molar-refractivity contribution in [1.29, 1.82) is 0 Å². The zero-order valence-corrected chi connectivity index (χ0v) is 42.4. The van der Waals surface area contributed by atoms with Gasteiger partial charge in [0.25, 0.3) is 0 Å². The summed E-state index contributed by atoms with van der Waals surface area (Å²) >= 11 is 0. The van der Waals surface area contributed by atoms with Crippen LogP contribution in [0.25, 0.3) is 121 Å². The van der Waals surface area contributed by atoms with Crippen molar-refractivity contribution in [2.45, 2.75) is 51.4 Å². The average molecular weight is 943 g/mol. The van der Waals surface area contributed by atoms with Gasteiger partial charge in [-0.3, -0.25) is 0 Å². The number of allylic oxidation sites excluding steroid dienone is 2. The van der Waals surface area contributed by atoms with Gasteiger partial charge in [0, 0.05) is 10.8 Å². The van der Waals surface area contributed by atoms with Gasteiger partial charge >= 0.3 is 0 Å². The first-order chi connectivity index (χ1) is 36.2. The van der Waals surface area contributed by atoms with Crippen molar-refractivity contribution in [3.63, 3.8) is 0 Å². The molecule has 0 radical (unpaired) electrons. The van der Waals surface area contributed by atoms with Crippen molar-refractivity contribution in [2.24, 2.45) is 0 Å². The van der Waals surface area contributed by atoms with E-state index in [9.17, 15) is 0 Å². The van der Waals surface area contributed by atoms with E-state index >= 15 is 0 Å². The summed E-state index contributed by atoms with van der Waals surface area (Å²) in [4.78, 5) is 0. The molecule has 3 aliphatic carbocycles. The molecule has 0 amide bonds. The van der Waals surface area contributed by atoms with Crippen molar-refractivity contribution >= 4 is 43.1 Å². The second kappa shape index (κ2) is 16.0. The highest BCUT2D eigenvalue weighted by Crippen LogP contribution is 2.54. The second-order valence-electron chi connectivity index (χ2n) is 22.2. The number of benzene rings is 12. The predicted molar refractivity (Wildman–Crippen MR) is 315 cm³/mol. The lowest BCUT2D eigenvalue weighted by molar-refractivity contribution is 0.660. The summed E-state index contributed by atoms with van der Waals surface area (Å²) in [6, 6.07) is 83.3. The van der Waals surface area contributed by atoms with Crippen LogP contribution in [-0.4, -0.2) is 0 Å². The molecule has 350 valence electrons. The molecule has 0 bridgehead atoms. The van der Waals surface area contributed by atoms with Gasteiger partial charge in [-0.15, -0.1) is 0 Å². The first kappa shape index (κ1) is 43.0. The summed E-state index contributed by atoms with van der Waals surface area (Å²) in [6.07, 6.45) is 6.58. The average Bonchev–Trinajstić information content (AvgIpc) is 3.87. The van der Waals surface area contributed by atoms with Crippen molar-refractivity contribution < 1.29 is 0 Å². The molecule has 12 aromatic carbocycles. The molecule has 0 atom stereocenters. The van der Waals surface area contributed by atoms with Crippen LogP contribution in [0.1, 0.15) is 61.1 Å². The Labute approximate surface area is 434 Å². The van der Waals surface area contributed by atoms with E-state index in [0.29, 0.717) is 0 Å². The fraction of sp³-hybridized carbons (Fsp3) is 0.108. The summed E-state index contributed by atoms with van der Waals surface area (Å²) in [5, 5.41) is 10.3. The van der Waals surface area contributed by atoms with Crippen LogP contribution in [0.3, 0.4) is 0 Å². The fourth-order valence-corrected chi connectivity index (χ4v) is 13.9. The van der Waals surface area contributed by atoms with Crippen LogP contribution in [0, 0.1) is 0 Å². The Kier molecular flexibility index (Phi) is 9.28. The van der Waals surface area contributed by atoms with Crippen molar-refractivity contribution in [3.8, 4) is 77.9 Å². The van der Waals surface area contributed by atoms with E-state index < -0.39 is 0 Å². The number of fused-ring (bicyclic) bond motifs is 11. The van der Waals surface area contributed by atoms with Crippen LogP contribution < -0.4 is 0 Å². The third-order valence-corrected chi connectivity index (χ3v) is 17.6. The van der Waals surface area contributed by atoms with Crippen LogP contribution in [0.15, 0.2) is 231 Å². The van der Waals surface area contributed by atoms with E-state index in [0.717, 1.165) is 12.8 Å². The van der Waals surface area contributed by atoms with Crippen molar-refractivity contribution in [2.75, 3.05) is 0 Å². The molecular formula is C74H54. The first-order valence-electron chi connectivity index (χ1n) is 26.5. The Morgan fingerprint density at radius 3 is 1.23 bits per heavy atom. The zero-order valence-electron chi connectivity index (χ0n) is 42.4. The molecule has 0 nitrogen and oxygen atoms in total. The van der Waals surface area contributed by atoms with E-state index in [1.165, 1.54) is 154 Å². The van der Waals surface area contributed by atoms with Crippen LogP contribution in [0.2, 0.25) is 0 Å². The molecule has 74 heavy (non-hydrogen) atoms. The zero-order chi connectivity index (χ0) is 49.5.